The van der Waals surface area contributed by atoms with Crippen molar-refractivity contribution < 1.29 is 4.39 Å². The highest BCUT2D eigenvalue weighted by Crippen LogP contribution is 2.13. The van der Waals surface area contributed by atoms with Crippen LogP contribution in [0.15, 0.2) is 24.4 Å². The molecule has 15 heavy (non-hydrogen) atoms. The van der Waals surface area contributed by atoms with Crippen molar-refractivity contribution in [2.75, 3.05) is 6.54 Å². The first-order chi connectivity index (χ1) is 6.95. The van der Waals surface area contributed by atoms with E-state index in [4.69, 9.17) is 0 Å². The highest BCUT2D eigenvalue weighted by Gasteiger charge is 2.09. The number of rotatable bonds is 8. The number of hydrogen-bond acceptors (Lipinski definition) is 1. The Hall–Kier alpha value is -0.790. The molecule has 0 saturated heterocycles. The summed E-state index contributed by atoms with van der Waals surface area (Å²) in [7, 11) is 0. The number of allylic oxidation sites excluding steroid dienone is 1. The van der Waals surface area contributed by atoms with Crippen molar-refractivity contribution in [2.24, 2.45) is 5.92 Å². The lowest BCUT2D eigenvalue weighted by molar-refractivity contribution is 0.234. The molecule has 0 aliphatic heterocycles. The van der Waals surface area contributed by atoms with E-state index in [2.05, 4.69) is 18.5 Å². The van der Waals surface area contributed by atoms with Crippen LogP contribution in [0.5, 0.6) is 0 Å². The van der Waals surface area contributed by atoms with Crippen molar-refractivity contribution in [1.82, 2.24) is 5.32 Å². The molecular weight excluding hydrogens is 189 g/mol. The maximum atomic E-state index is 13.2. The number of alkyl halides is 1. The molecule has 1 N–H and O–H groups in total. The lowest BCUT2D eigenvalue weighted by Gasteiger charge is -2.12. The quantitative estimate of drug-likeness (QED) is 0.477. The van der Waals surface area contributed by atoms with Gasteiger partial charge in [0.2, 0.25) is 0 Å². The minimum atomic E-state index is -0.658. The van der Waals surface area contributed by atoms with Gasteiger partial charge >= 0.3 is 0 Å². The topological polar surface area (TPSA) is 12.0 Å². The molecule has 0 radical (unpaired) electrons. The van der Waals surface area contributed by atoms with E-state index in [0.29, 0.717) is 6.42 Å². The molecule has 0 spiro atoms. The van der Waals surface area contributed by atoms with Crippen LogP contribution in [0, 0.1) is 5.92 Å². The fourth-order valence-electron chi connectivity index (χ4n) is 1.19. The Balaban J connectivity index is 3.40. The van der Waals surface area contributed by atoms with Crippen LogP contribution in [0.4, 0.5) is 4.39 Å². The Kier molecular flexibility index (Phi) is 7.10. The second kappa shape index (κ2) is 7.49. The largest absolute Gasteiger partial charge is 0.385 e. The van der Waals surface area contributed by atoms with Crippen molar-refractivity contribution in [1.29, 1.82) is 0 Å². The van der Waals surface area contributed by atoms with E-state index < -0.39 is 6.17 Å². The molecule has 0 aliphatic carbocycles. The van der Waals surface area contributed by atoms with Gasteiger partial charge in [0.25, 0.3) is 0 Å². The summed E-state index contributed by atoms with van der Waals surface area (Å²) in [6, 6.07) is 0. The van der Waals surface area contributed by atoms with E-state index in [1.807, 2.05) is 20.8 Å². The predicted octanol–water partition coefficient (Wildman–Crippen LogP) is 3.83. The third kappa shape index (κ3) is 7.18. The average molecular weight is 213 g/mol. The predicted molar refractivity (Wildman–Crippen MR) is 65.5 cm³/mol. The molecule has 1 nitrogen and oxygen atoms in total. The van der Waals surface area contributed by atoms with Gasteiger partial charge in [-0.2, -0.15) is 0 Å². The molecule has 0 aromatic rings. The summed E-state index contributed by atoms with van der Waals surface area (Å²) < 4.78 is 13.2. The van der Waals surface area contributed by atoms with Crippen molar-refractivity contribution in [3.63, 3.8) is 0 Å². The van der Waals surface area contributed by atoms with Gasteiger partial charge in [0.15, 0.2) is 0 Å². The van der Waals surface area contributed by atoms with Gasteiger partial charge in [-0.15, -0.1) is 0 Å². The number of halogens is 1. The zero-order chi connectivity index (χ0) is 11.8. The van der Waals surface area contributed by atoms with Crippen LogP contribution in [0.25, 0.3) is 0 Å². The van der Waals surface area contributed by atoms with E-state index in [9.17, 15) is 4.39 Å². The molecule has 0 bridgehead atoms. The first kappa shape index (κ1) is 14.2. The van der Waals surface area contributed by atoms with Crippen LogP contribution < -0.4 is 5.32 Å². The first-order valence-electron chi connectivity index (χ1n) is 5.68. The molecule has 0 fully saturated rings. The van der Waals surface area contributed by atoms with Crippen LogP contribution in [-0.2, 0) is 0 Å². The Bertz CT molecular complexity index is 209. The fourth-order valence-corrected chi connectivity index (χ4v) is 1.19. The number of unbranched alkanes of at least 4 members (excludes halogenated alkanes) is 1. The number of nitrogens with one attached hydrogen (secondary N) is 1. The zero-order valence-corrected chi connectivity index (χ0v) is 10.3. The van der Waals surface area contributed by atoms with E-state index in [-0.39, 0.29) is 5.92 Å². The van der Waals surface area contributed by atoms with Crippen molar-refractivity contribution in [2.45, 2.75) is 46.2 Å². The van der Waals surface area contributed by atoms with Gasteiger partial charge in [-0.3, -0.25) is 0 Å². The summed E-state index contributed by atoms with van der Waals surface area (Å²) in [5.74, 6) is 0.142. The third-order valence-corrected chi connectivity index (χ3v) is 2.48. The highest BCUT2D eigenvalue weighted by atomic mass is 19.1. The van der Waals surface area contributed by atoms with E-state index in [0.717, 1.165) is 30.7 Å². The Labute approximate surface area is 93.5 Å². The molecule has 0 rings (SSSR count). The smallest absolute Gasteiger partial charge is 0.102 e. The molecule has 1 unspecified atom stereocenters. The molecule has 0 heterocycles. The molecule has 88 valence electrons. The van der Waals surface area contributed by atoms with Crippen molar-refractivity contribution in [3.8, 4) is 0 Å². The van der Waals surface area contributed by atoms with Gasteiger partial charge in [0.05, 0.1) is 0 Å². The third-order valence-electron chi connectivity index (χ3n) is 2.48. The van der Waals surface area contributed by atoms with Crippen molar-refractivity contribution in [3.05, 3.63) is 24.4 Å². The van der Waals surface area contributed by atoms with Gasteiger partial charge in [-0.25, -0.2) is 4.39 Å². The minimum absolute atomic E-state index is 0.142. The summed E-state index contributed by atoms with van der Waals surface area (Å²) in [5.41, 5.74) is 1.84. The minimum Gasteiger partial charge on any atom is -0.385 e. The maximum absolute atomic E-state index is 13.2. The lowest BCUT2D eigenvalue weighted by Crippen LogP contribution is -2.15. The van der Waals surface area contributed by atoms with Crippen LogP contribution in [0.3, 0.4) is 0 Å². The standard InChI is InChI=1S/C13H24FN/c1-10(2)12(5)15-9-7-6-8-13(14)11(3)4/h11,13,15H,1,5-9H2,2-4H3. The summed E-state index contributed by atoms with van der Waals surface area (Å²) in [6.45, 7) is 14.2. The van der Waals surface area contributed by atoms with Crippen LogP contribution >= 0.6 is 0 Å². The van der Waals surface area contributed by atoms with Gasteiger partial charge in [0.1, 0.15) is 6.17 Å². The van der Waals surface area contributed by atoms with Gasteiger partial charge in [-0.05, 0) is 37.7 Å². The van der Waals surface area contributed by atoms with E-state index in [1.54, 1.807) is 0 Å². The fraction of sp³-hybridized carbons (Fsp3) is 0.692. The van der Waals surface area contributed by atoms with Crippen LogP contribution in [0.2, 0.25) is 0 Å². The van der Waals surface area contributed by atoms with Crippen molar-refractivity contribution >= 4 is 0 Å². The Morgan fingerprint density at radius 2 is 1.87 bits per heavy atom. The first-order valence-corrected chi connectivity index (χ1v) is 5.68. The average Bonchev–Trinajstić information content (AvgIpc) is 2.16. The van der Waals surface area contributed by atoms with Gasteiger partial charge < -0.3 is 5.32 Å². The second-order valence-electron chi connectivity index (χ2n) is 4.44. The van der Waals surface area contributed by atoms with E-state index >= 15 is 0 Å². The van der Waals surface area contributed by atoms with Crippen LogP contribution in [0.1, 0.15) is 40.0 Å². The molecule has 0 aromatic heterocycles. The van der Waals surface area contributed by atoms with Gasteiger partial charge in [-0.1, -0.05) is 27.0 Å². The monoisotopic (exact) mass is 213 g/mol. The summed E-state index contributed by atoms with van der Waals surface area (Å²) in [6.07, 6.45) is 1.92. The SMILES string of the molecule is C=C(C)C(=C)NCCCCC(F)C(C)C. The molecule has 0 aromatic carbocycles. The summed E-state index contributed by atoms with van der Waals surface area (Å²) in [5, 5.41) is 3.17. The molecule has 1 atom stereocenters. The molecule has 0 amide bonds. The maximum Gasteiger partial charge on any atom is 0.102 e. The van der Waals surface area contributed by atoms with Crippen LogP contribution in [-0.4, -0.2) is 12.7 Å². The summed E-state index contributed by atoms with van der Waals surface area (Å²) in [4.78, 5) is 0. The molecule has 2 heteroatoms. The zero-order valence-electron chi connectivity index (χ0n) is 10.3. The Morgan fingerprint density at radius 1 is 1.27 bits per heavy atom. The van der Waals surface area contributed by atoms with Gasteiger partial charge in [0, 0.05) is 12.2 Å². The number of hydrogen-bond donors (Lipinski definition) is 1. The molecule has 0 saturated carbocycles. The lowest BCUT2D eigenvalue weighted by atomic mass is 10.0. The molecule has 0 aliphatic rings. The van der Waals surface area contributed by atoms with E-state index in [1.165, 1.54) is 0 Å². The highest BCUT2D eigenvalue weighted by molar-refractivity contribution is 5.20. The summed E-state index contributed by atoms with van der Waals surface area (Å²) >= 11 is 0. The second-order valence-corrected chi connectivity index (χ2v) is 4.44. The Morgan fingerprint density at radius 3 is 2.33 bits per heavy atom. The normalized spacial score (nSPS) is 12.6. The molecular formula is C13H24FN.